The van der Waals surface area contributed by atoms with E-state index in [0.29, 0.717) is 11.8 Å². The average Bonchev–Trinajstić information content (AvgIpc) is 3.44. The van der Waals surface area contributed by atoms with E-state index in [-0.39, 0.29) is 0 Å². The Labute approximate surface area is 202 Å². The molecule has 0 unspecified atom stereocenters. The van der Waals surface area contributed by atoms with E-state index in [0.717, 1.165) is 50.8 Å². The fourth-order valence-electron chi connectivity index (χ4n) is 4.99. The fourth-order valence-corrected chi connectivity index (χ4v) is 5.85. The molecular weight excluding hydrogens is 442 g/mol. The van der Waals surface area contributed by atoms with Crippen LogP contribution in [0.4, 0.5) is 5.69 Å². The van der Waals surface area contributed by atoms with Crippen LogP contribution in [0.15, 0.2) is 71.2 Å². The number of hydrogen-bond donors (Lipinski definition) is 0. The molecule has 0 aliphatic carbocycles. The maximum absolute atomic E-state index is 4.75. The Morgan fingerprint density at radius 3 is 2.56 bits per heavy atom. The highest BCUT2D eigenvalue weighted by Crippen LogP contribution is 2.32. The van der Waals surface area contributed by atoms with E-state index in [9.17, 15) is 0 Å². The van der Waals surface area contributed by atoms with Crippen LogP contribution in [0.25, 0.3) is 27.7 Å². The summed E-state index contributed by atoms with van der Waals surface area (Å²) < 4.78 is 3.85. The van der Waals surface area contributed by atoms with Crippen molar-refractivity contribution in [2.45, 2.75) is 30.3 Å². The third-order valence-corrected chi connectivity index (χ3v) is 7.44. The molecule has 8 heteroatoms. The summed E-state index contributed by atoms with van der Waals surface area (Å²) in [5, 5.41) is 15.1. The van der Waals surface area contributed by atoms with Crippen molar-refractivity contribution in [1.82, 2.24) is 29.4 Å². The lowest BCUT2D eigenvalue weighted by Crippen LogP contribution is -2.38. The quantitative estimate of drug-likeness (QED) is 0.355. The number of fused-ring (bicyclic) bond motifs is 2. The van der Waals surface area contributed by atoms with E-state index in [1.165, 1.54) is 12.1 Å². The minimum absolute atomic E-state index is 0.708. The molecule has 34 heavy (non-hydrogen) atoms. The summed E-state index contributed by atoms with van der Waals surface area (Å²) >= 11 is 1.62. The highest BCUT2D eigenvalue weighted by Gasteiger charge is 2.22. The van der Waals surface area contributed by atoms with Gasteiger partial charge in [-0.15, -0.1) is 10.2 Å². The fraction of sp³-hybridized carbons (Fsp3) is 0.308. The van der Waals surface area contributed by atoms with Crippen molar-refractivity contribution < 1.29 is 0 Å². The molecule has 1 aromatic carbocycles. The van der Waals surface area contributed by atoms with Crippen molar-refractivity contribution in [3.63, 3.8) is 0 Å². The normalized spacial score (nSPS) is 18.7. The molecule has 6 rings (SSSR count). The molecule has 0 N–H and O–H groups in total. The van der Waals surface area contributed by atoms with Crippen molar-refractivity contribution in [1.29, 1.82) is 0 Å². The molecule has 1 saturated heterocycles. The van der Waals surface area contributed by atoms with Gasteiger partial charge in [0.05, 0.1) is 23.6 Å². The summed E-state index contributed by atoms with van der Waals surface area (Å²) in [7, 11) is 1.93. The summed E-state index contributed by atoms with van der Waals surface area (Å²) in [6, 6.07) is 12.7. The number of anilines is 1. The van der Waals surface area contributed by atoms with E-state index < -0.39 is 0 Å². The molecule has 7 nitrogen and oxygen atoms in total. The molecule has 2 atom stereocenters. The Morgan fingerprint density at radius 2 is 1.76 bits per heavy atom. The maximum atomic E-state index is 4.75. The zero-order chi connectivity index (χ0) is 23.2. The lowest BCUT2D eigenvalue weighted by molar-refractivity contribution is 0.357. The molecule has 0 saturated carbocycles. The van der Waals surface area contributed by atoms with Gasteiger partial charge < -0.3 is 4.90 Å². The van der Waals surface area contributed by atoms with Crippen molar-refractivity contribution >= 4 is 34.0 Å². The molecule has 172 valence electrons. The van der Waals surface area contributed by atoms with E-state index in [1.54, 1.807) is 11.8 Å². The van der Waals surface area contributed by atoms with Crippen molar-refractivity contribution in [3.05, 3.63) is 61.2 Å². The first-order valence-electron chi connectivity index (χ1n) is 11.7. The van der Waals surface area contributed by atoms with Gasteiger partial charge in [-0.1, -0.05) is 13.8 Å². The van der Waals surface area contributed by atoms with Crippen molar-refractivity contribution in [2.75, 3.05) is 18.0 Å². The van der Waals surface area contributed by atoms with Gasteiger partial charge in [0.15, 0.2) is 10.8 Å². The second-order valence-corrected chi connectivity index (χ2v) is 10.6. The van der Waals surface area contributed by atoms with Gasteiger partial charge in [0, 0.05) is 53.9 Å². The third-order valence-electron chi connectivity index (χ3n) is 6.49. The number of pyridine rings is 2. The molecule has 0 bridgehead atoms. The van der Waals surface area contributed by atoms with Gasteiger partial charge in [0.2, 0.25) is 0 Å². The van der Waals surface area contributed by atoms with Crippen LogP contribution in [-0.4, -0.2) is 42.5 Å². The lowest BCUT2D eigenvalue weighted by Gasteiger charge is -2.36. The van der Waals surface area contributed by atoms with Gasteiger partial charge in [-0.3, -0.25) is 14.1 Å². The van der Waals surface area contributed by atoms with Crippen molar-refractivity contribution in [2.24, 2.45) is 18.9 Å². The van der Waals surface area contributed by atoms with Gasteiger partial charge >= 0.3 is 0 Å². The standard InChI is InChI=1S/C26H27N7S/c1-17-8-18(2)14-32(13-17)22-9-20-10-23(5-6-24(20)27-12-22)34-26-30-29-25-7-4-19(16-33(25)26)21-11-28-31(3)15-21/h4-7,9-12,15-18H,8,13-14H2,1-3H3/t17-,18+. The summed E-state index contributed by atoms with van der Waals surface area (Å²) in [5.41, 5.74) is 5.20. The maximum Gasteiger partial charge on any atom is 0.200 e. The van der Waals surface area contributed by atoms with Crippen LogP contribution >= 0.6 is 11.8 Å². The van der Waals surface area contributed by atoms with E-state index >= 15 is 0 Å². The zero-order valence-electron chi connectivity index (χ0n) is 19.6. The molecule has 0 radical (unpaired) electrons. The Hall–Kier alpha value is -3.39. The molecular formula is C26H27N7S. The predicted octanol–water partition coefficient (Wildman–Crippen LogP) is 5.31. The molecule has 1 aliphatic rings. The minimum Gasteiger partial charge on any atom is -0.370 e. The topological polar surface area (TPSA) is 64.1 Å². The number of nitrogens with zero attached hydrogens (tertiary/aromatic N) is 7. The molecule has 4 aromatic heterocycles. The summed E-state index contributed by atoms with van der Waals surface area (Å²) in [6.07, 6.45) is 9.28. The number of aromatic nitrogens is 6. The first-order chi connectivity index (χ1) is 16.5. The SMILES string of the molecule is C[C@@H]1C[C@H](C)CN(c2cnc3ccc(Sc4nnc5ccc(-c6cnn(C)c6)cn45)cc3c2)C1. The molecule has 1 aliphatic heterocycles. The van der Waals surface area contributed by atoms with Crippen LogP contribution in [0.1, 0.15) is 20.3 Å². The van der Waals surface area contributed by atoms with Crippen LogP contribution in [0.3, 0.4) is 0 Å². The number of rotatable bonds is 4. The van der Waals surface area contributed by atoms with Gasteiger partial charge in [-0.25, -0.2) is 0 Å². The van der Waals surface area contributed by atoms with Gasteiger partial charge in [0.25, 0.3) is 0 Å². The average molecular weight is 470 g/mol. The Morgan fingerprint density at radius 1 is 0.912 bits per heavy atom. The summed E-state index contributed by atoms with van der Waals surface area (Å²) in [6.45, 7) is 6.87. The molecule has 5 aromatic rings. The van der Waals surface area contributed by atoms with Crippen LogP contribution in [0.5, 0.6) is 0 Å². The summed E-state index contributed by atoms with van der Waals surface area (Å²) in [5.74, 6) is 1.42. The number of piperidine rings is 1. The number of aryl methyl sites for hydroxylation is 1. The molecule has 5 heterocycles. The Kier molecular flexibility index (Phi) is 5.25. The Bertz CT molecular complexity index is 1480. The minimum atomic E-state index is 0.708. The van der Waals surface area contributed by atoms with Crippen LogP contribution < -0.4 is 4.90 Å². The molecule has 1 fully saturated rings. The van der Waals surface area contributed by atoms with E-state index in [1.807, 2.05) is 40.8 Å². The van der Waals surface area contributed by atoms with Crippen molar-refractivity contribution in [3.8, 4) is 11.1 Å². The third kappa shape index (κ3) is 4.03. The monoisotopic (exact) mass is 469 g/mol. The second-order valence-electron chi connectivity index (χ2n) is 9.53. The lowest BCUT2D eigenvalue weighted by atomic mass is 9.91. The van der Waals surface area contributed by atoms with Gasteiger partial charge in [0.1, 0.15) is 0 Å². The van der Waals surface area contributed by atoms with E-state index in [4.69, 9.17) is 4.98 Å². The first kappa shape index (κ1) is 21.2. The highest BCUT2D eigenvalue weighted by atomic mass is 32.2. The van der Waals surface area contributed by atoms with Crippen LogP contribution in [-0.2, 0) is 7.05 Å². The Balaban J connectivity index is 1.31. The molecule has 0 amide bonds. The van der Waals surface area contributed by atoms with E-state index in [2.05, 4.69) is 70.6 Å². The molecule has 0 spiro atoms. The smallest absolute Gasteiger partial charge is 0.200 e. The first-order valence-corrected chi connectivity index (χ1v) is 12.5. The predicted molar refractivity (Wildman–Crippen MR) is 136 cm³/mol. The van der Waals surface area contributed by atoms with Gasteiger partial charge in [-0.2, -0.15) is 5.10 Å². The zero-order valence-corrected chi connectivity index (χ0v) is 20.4. The summed E-state index contributed by atoms with van der Waals surface area (Å²) in [4.78, 5) is 8.35. The highest BCUT2D eigenvalue weighted by molar-refractivity contribution is 7.99. The number of benzene rings is 1. The number of hydrogen-bond acceptors (Lipinski definition) is 6. The largest absolute Gasteiger partial charge is 0.370 e. The van der Waals surface area contributed by atoms with Gasteiger partial charge in [-0.05, 0) is 66.4 Å². The second kappa shape index (κ2) is 8.43. The van der Waals surface area contributed by atoms with Crippen LogP contribution in [0, 0.1) is 11.8 Å². The van der Waals surface area contributed by atoms with Crippen LogP contribution in [0.2, 0.25) is 0 Å².